The molecule has 0 saturated carbocycles. The highest BCUT2D eigenvalue weighted by Gasteiger charge is 2.46. The molecule has 4 heterocycles. The Kier molecular flexibility index (Phi) is 12.3. The normalized spacial score (nSPS) is 13.2. The van der Waals surface area contributed by atoms with E-state index in [1.807, 2.05) is 23.1 Å². The summed E-state index contributed by atoms with van der Waals surface area (Å²) in [5, 5.41) is 3.46. The van der Waals surface area contributed by atoms with Gasteiger partial charge in [0.2, 0.25) is 0 Å². The van der Waals surface area contributed by atoms with Gasteiger partial charge in [-0.2, -0.15) is 0 Å². The number of aryl methyl sites for hydroxylation is 1. The van der Waals surface area contributed by atoms with Gasteiger partial charge in [-0.1, -0.05) is 201 Å². The summed E-state index contributed by atoms with van der Waals surface area (Å²) >= 11 is 3.79. The van der Waals surface area contributed by atoms with Crippen LogP contribution in [0.1, 0.15) is 84.6 Å². The summed E-state index contributed by atoms with van der Waals surface area (Å²) in [6.07, 6.45) is 0. The molecule has 0 saturated heterocycles. The van der Waals surface area contributed by atoms with E-state index in [2.05, 4.69) is 302 Å². The fraction of sp³-hybridized carbons (Fsp3) is 0.173. The van der Waals surface area contributed by atoms with Crippen molar-refractivity contribution < 1.29 is 4.42 Å². The number of benzene rings is 10. The van der Waals surface area contributed by atoms with Crippen molar-refractivity contribution in [2.24, 2.45) is 0 Å². The molecule has 12 aromatic rings. The van der Waals surface area contributed by atoms with Gasteiger partial charge < -0.3 is 19.1 Å². The molecule has 2 aromatic heterocycles. The first kappa shape index (κ1) is 51.9. The summed E-state index contributed by atoms with van der Waals surface area (Å²) in [6.45, 7) is 22.9. The Labute approximate surface area is 491 Å². The Hall–Kier alpha value is -8.23. The molecule has 0 spiro atoms. The van der Waals surface area contributed by atoms with Crippen LogP contribution in [0.25, 0.3) is 43.2 Å². The number of para-hydroxylation sites is 2. The highest BCUT2D eigenvalue weighted by Crippen LogP contribution is 2.53. The zero-order valence-corrected chi connectivity index (χ0v) is 50.1. The number of anilines is 9. The van der Waals surface area contributed by atoms with Gasteiger partial charge in [-0.3, -0.25) is 0 Å². The molecule has 0 radical (unpaired) electrons. The minimum atomic E-state index is -0.102. The predicted octanol–water partition coefficient (Wildman–Crippen LogP) is 20.4. The second kappa shape index (κ2) is 19.5. The van der Waals surface area contributed by atoms with Crippen LogP contribution in [-0.4, -0.2) is 6.71 Å². The third-order valence-electron chi connectivity index (χ3n) is 16.8. The lowest BCUT2D eigenvalue weighted by atomic mass is 9.36. The Morgan fingerprint density at radius 1 is 0.476 bits per heavy atom. The van der Waals surface area contributed by atoms with E-state index < -0.39 is 0 Å². The molecule has 0 bridgehead atoms. The molecule has 0 aliphatic carbocycles. The van der Waals surface area contributed by atoms with Crippen LogP contribution in [0, 0.1) is 6.92 Å². The molecule has 402 valence electrons. The summed E-state index contributed by atoms with van der Waals surface area (Å²) < 4.78 is 9.43. The maximum atomic E-state index is 6.79. The van der Waals surface area contributed by atoms with E-state index in [-0.39, 0.29) is 23.0 Å². The molecule has 10 aromatic carbocycles. The lowest BCUT2D eigenvalue weighted by molar-refractivity contribution is 0.590. The average molecular weight is 1100 g/mol. The van der Waals surface area contributed by atoms with E-state index in [9.17, 15) is 0 Å². The van der Waals surface area contributed by atoms with Gasteiger partial charge in [0.25, 0.3) is 6.71 Å². The van der Waals surface area contributed by atoms with Gasteiger partial charge in [-0.25, -0.2) is 0 Å². The highest BCUT2D eigenvalue weighted by atomic mass is 32.2. The molecule has 0 amide bonds. The lowest BCUT2D eigenvalue weighted by Gasteiger charge is -2.44. The van der Waals surface area contributed by atoms with Crippen LogP contribution in [0.5, 0.6) is 0 Å². The van der Waals surface area contributed by atoms with E-state index in [0.717, 1.165) is 67.3 Å². The van der Waals surface area contributed by atoms with Crippen molar-refractivity contribution in [2.45, 2.75) is 95.3 Å². The van der Waals surface area contributed by atoms with Gasteiger partial charge in [0, 0.05) is 69.7 Å². The number of hydrogen-bond acceptors (Lipinski definition) is 6. The first-order valence-corrected chi connectivity index (χ1v) is 30.4. The quantitative estimate of drug-likeness (QED) is 0.141. The van der Waals surface area contributed by atoms with E-state index >= 15 is 0 Å². The molecule has 14 rings (SSSR count). The number of furan rings is 1. The summed E-state index contributed by atoms with van der Waals surface area (Å²) in [6, 6.07) is 82.0. The Bertz CT molecular complexity index is 4460. The van der Waals surface area contributed by atoms with Crippen LogP contribution >= 0.6 is 23.1 Å². The SMILES string of the molecule is Cc1cccc(Sc2cc3c4c(c2)N(c2cccc5oc6ccccc6c25)c2cc(N(c5ccc(C(C)(C)C)cc5)c5ccccc5-c5ccccc5)ccc2B4c2sc4ccc(C(C)(C)C)cc4c2N3c2ccc(C(C)(C)C)cc2)c1. The fourth-order valence-electron chi connectivity index (χ4n) is 12.6. The standard InChI is InChI=1S/C75H66BN3OS2/c1-47-20-18-23-55(42-47)81-56-45-64-70-65(46-56)79(62-27-19-29-67-69(62)58-25-15-17-28-66(58)80-67)63-44-54(77(52-35-30-49(31-36-52)73(2,3)4)61-26-16-14-24-57(61)48-21-12-11-13-22-48)39-40-60(63)76(70)72-71(59-43-51(75(8,9)10)34-41-68(59)82-72)78(64)53-37-32-50(33-38-53)74(5,6)7/h11-46H,1-10H3. The minimum Gasteiger partial charge on any atom is -0.456 e. The summed E-state index contributed by atoms with van der Waals surface area (Å²) in [5.74, 6) is 0. The molecular formula is C75H66BN3OS2. The van der Waals surface area contributed by atoms with Gasteiger partial charge in [0.1, 0.15) is 11.2 Å². The molecule has 4 nitrogen and oxygen atoms in total. The predicted molar refractivity (Wildman–Crippen MR) is 355 cm³/mol. The van der Waals surface area contributed by atoms with Gasteiger partial charge in [0.05, 0.1) is 22.4 Å². The number of thiophene rings is 1. The number of nitrogens with zero attached hydrogens (tertiary/aromatic N) is 3. The molecule has 0 unspecified atom stereocenters. The molecule has 82 heavy (non-hydrogen) atoms. The highest BCUT2D eigenvalue weighted by molar-refractivity contribution is 7.99. The second-order valence-corrected chi connectivity index (χ2v) is 27.7. The smallest absolute Gasteiger partial charge is 0.264 e. The first-order chi connectivity index (χ1) is 39.5. The fourth-order valence-corrected chi connectivity index (χ4v) is 14.9. The van der Waals surface area contributed by atoms with E-state index in [4.69, 9.17) is 4.42 Å². The summed E-state index contributed by atoms with van der Waals surface area (Å²) in [5.41, 5.74) is 21.9. The lowest BCUT2D eigenvalue weighted by Crippen LogP contribution is -2.60. The molecule has 2 aliphatic heterocycles. The van der Waals surface area contributed by atoms with Crippen molar-refractivity contribution in [1.29, 1.82) is 0 Å². The average Bonchev–Trinajstić information content (AvgIpc) is 3.60. The maximum Gasteiger partial charge on any atom is 0.264 e. The molecule has 0 N–H and O–H groups in total. The Morgan fingerprint density at radius 3 is 1.84 bits per heavy atom. The first-order valence-electron chi connectivity index (χ1n) is 28.8. The minimum absolute atomic E-state index is 0.00662. The third kappa shape index (κ3) is 8.83. The zero-order valence-electron chi connectivity index (χ0n) is 48.4. The molecular weight excluding hydrogens is 1030 g/mol. The number of rotatable bonds is 8. The Morgan fingerprint density at radius 2 is 1.11 bits per heavy atom. The van der Waals surface area contributed by atoms with E-state index in [1.165, 1.54) is 74.8 Å². The third-order valence-corrected chi connectivity index (χ3v) is 19.0. The van der Waals surface area contributed by atoms with Gasteiger partial charge >= 0.3 is 0 Å². The second-order valence-electron chi connectivity index (χ2n) is 25.5. The van der Waals surface area contributed by atoms with Gasteiger partial charge in [0.15, 0.2) is 0 Å². The van der Waals surface area contributed by atoms with Crippen molar-refractivity contribution in [3.8, 4) is 11.1 Å². The van der Waals surface area contributed by atoms with Crippen LogP contribution < -0.4 is 30.4 Å². The van der Waals surface area contributed by atoms with Crippen LogP contribution in [0.3, 0.4) is 0 Å². The van der Waals surface area contributed by atoms with Crippen molar-refractivity contribution in [3.05, 3.63) is 241 Å². The van der Waals surface area contributed by atoms with E-state index in [0.29, 0.717) is 0 Å². The van der Waals surface area contributed by atoms with Crippen molar-refractivity contribution in [3.63, 3.8) is 0 Å². The van der Waals surface area contributed by atoms with Crippen LogP contribution in [-0.2, 0) is 16.2 Å². The van der Waals surface area contributed by atoms with Crippen LogP contribution in [0.2, 0.25) is 0 Å². The largest absolute Gasteiger partial charge is 0.456 e. The van der Waals surface area contributed by atoms with Crippen molar-refractivity contribution in [2.75, 3.05) is 14.7 Å². The maximum absolute atomic E-state index is 6.79. The topological polar surface area (TPSA) is 22.9 Å². The molecule has 0 atom stereocenters. The van der Waals surface area contributed by atoms with Crippen LogP contribution in [0.15, 0.2) is 233 Å². The van der Waals surface area contributed by atoms with Crippen molar-refractivity contribution >= 4 is 129 Å². The Balaban J connectivity index is 1.11. The van der Waals surface area contributed by atoms with Crippen LogP contribution in [0.4, 0.5) is 51.2 Å². The molecule has 7 heteroatoms. The summed E-state index contributed by atoms with van der Waals surface area (Å²) in [7, 11) is 0. The van der Waals surface area contributed by atoms with E-state index in [1.54, 1.807) is 0 Å². The monoisotopic (exact) mass is 1100 g/mol. The number of fused-ring (bicyclic) bond motifs is 9. The molecule has 0 fully saturated rings. The zero-order chi connectivity index (χ0) is 56.4. The van der Waals surface area contributed by atoms with Gasteiger partial charge in [-0.15, -0.1) is 11.3 Å². The number of hydrogen-bond donors (Lipinski definition) is 0. The van der Waals surface area contributed by atoms with Crippen molar-refractivity contribution in [1.82, 2.24) is 0 Å². The molecule has 2 aliphatic rings. The summed E-state index contributed by atoms with van der Waals surface area (Å²) in [4.78, 5) is 10.1. The van der Waals surface area contributed by atoms with Gasteiger partial charge in [-0.05, 0) is 153 Å².